The predicted molar refractivity (Wildman–Crippen MR) is 76.5 cm³/mol. The van der Waals surface area contributed by atoms with Gasteiger partial charge in [-0.15, -0.1) is 0 Å². The third-order valence-electron chi connectivity index (χ3n) is 3.13. The molecular formula is C14H18N4O3. The normalized spacial score (nSPS) is 12.1. The lowest BCUT2D eigenvalue weighted by Crippen LogP contribution is -2.42. The quantitative estimate of drug-likeness (QED) is 0.593. The average Bonchev–Trinajstić information content (AvgIpc) is 2.94. The summed E-state index contributed by atoms with van der Waals surface area (Å²) in [4.78, 5) is 20.6. The summed E-state index contributed by atoms with van der Waals surface area (Å²) in [5.74, 6) is 0.0315. The Labute approximate surface area is 122 Å². The van der Waals surface area contributed by atoms with Crippen LogP contribution in [0.1, 0.15) is 11.4 Å². The Morgan fingerprint density at radius 2 is 2.19 bits per heavy atom. The third-order valence-corrected chi connectivity index (χ3v) is 3.13. The molecule has 1 aromatic carbocycles. The third kappa shape index (κ3) is 3.73. The fourth-order valence-corrected chi connectivity index (χ4v) is 2.01. The standard InChI is InChI=1S/C14H18N4O3/c1-18(8-13-16-4-5-17-13)14(21)10(15)6-9-2-3-11(19)12(20)7-9/h2-5,7,10,19-20H,6,8,15H2,1H3,(H,16,17)/t10-/m0/s1. The van der Waals surface area contributed by atoms with Crippen molar-refractivity contribution in [2.45, 2.75) is 19.0 Å². The van der Waals surface area contributed by atoms with Gasteiger partial charge in [-0.25, -0.2) is 4.98 Å². The number of phenols is 2. The number of aromatic hydroxyl groups is 2. The first kappa shape index (κ1) is 14.9. The summed E-state index contributed by atoms with van der Waals surface area (Å²) in [7, 11) is 1.65. The van der Waals surface area contributed by atoms with E-state index >= 15 is 0 Å². The van der Waals surface area contributed by atoms with Gasteiger partial charge in [-0.2, -0.15) is 0 Å². The first-order valence-electron chi connectivity index (χ1n) is 6.47. The van der Waals surface area contributed by atoms with Gasteiger partial charge in [0.2, 0.25) is 5.91 Å². The number of phenolic OH excluding ortho intramolecular Hbond substituents is 2. The van der Waals surface area contributed by atoms with Gasteiger partial charge in [-0.05, 0) is 24.1 Å². The molecule has 0 aliphatic carbocycles. The second-order valence-corrected chi connectivity index (χ2v) is 4.86. The van der Waals surface area contributed by atoms with E-state index < -0.39 is 6.04 Å². The number of aromatic amines is 1. The van der Waals surface area contributed by atoms with Gasteiger partial charge in [0.05, 0.1) is 12.6 Å². The monoisotopic (exact) mass is 290 g/mol. The molecule has 112 valence electrons. The number of imidazole rings is 1. The van der Waals surface area contributed by atoms with Crippen LogP contribution in [0.2, 0.25) is 0 Å². The van der Waals surface area contributed by atoms with Crippen LogP contribution in [-0.2, 0) is 17.8 Å². The molecule has 1 aromatic heterocycles. The largest absolute Gasteiger partial charge is 0.504 e. The summed E-state index contributed by atoms with van der Waals surface area (Å²) in [5.41, 5.74) is 6.58. The molecule has 2 rings (SSSR count). The van der Waals surface area contributed by atoms with Gasteiger partial charge < -0.3 is 25.8 Å². The van der Waals surface area contributed by atoms with E-state index in [-0.39, 0.29) is 23.8 Å². The molecule has 0 bridgehead atoms. The van der Waals surface area contributed by atoms with Crippen molar-refractivity contribution in [3.63, 3.8) is 0 Å². The highest BCUT2D eigenvalue weighted by molar-refractivity contribution is 5.81. The Morgan fingerprint density at radius 3 is 2.81 bits per heavy atom. The Kier molecular flexibility index (Phi) is 4.44. The van der Waals surface area contributed by atoms with Crippen molar-refractivity contribution < 1.29 is 15.0 Å². The molecule has 1 atom stereocenters. The van der Waals surface area contributed by atoms with Crippen LogP contribution in [0, 0.1) is 0 Å². The Hall–Kier alpha value is -2.54. The van der Waals surface area contributed by atoms with Crippen LogP contribution in [0.4, 0.5) is 0 Å². The van der Waals surface area contributed by atoms with Crippen LogP contribution < -0.4 is 5.73 Å². The van der Waals surface area contributed by atoms with Gasteiger partial charge in [0.25, 0.3) is 0 Å². The Morgan fingerprint density at radius 1 is 1.43 bits per heavy atom. The molecule has 0 unspecified atom stereocenters. The SMILES string of the molecule is CN(Cc1ncc[nH]1)C(=O)[C@@H](N)Cc1ccc(O)c(O)c1. The highest BCUT2D eigenvalue weighted by atomic mass is 16.3. The van der Waals surface area contributed by atoms with Crippen molar-refractivity contribution in [1.82, 2.24) is 14.9 Å². The smallest absolute Gasteiger partial charge is 0.239 e. The molecule has 0 spiro atoms. The van der Waals surface area contributed by atoms with E-state index in [0.29, 0.717) is 17.9 Å². The van der Waals surface area contributed by atoms with Crippen LogP contribution in [0.25, 0.3) is 0 Å². The minimum absolute atomic E-state index is 0.200. The van der Waals surface area contributed by atoms with Gasteiger partial charge in [-0.1, -0.05) is 6.07 Å². The summed E-state index contributed by atoms with van der Waals surface area (Å²) in [6, 6.07) is 3.66. The van der Waals surface area contributed by atoms with E-state index in [1.54, 1.807) is 25.5 Å². The number of benzene rings is 1. The average molecular weight is 290 g/mol. The topological polar surface area (TPSA) is 115 Å². The number of H-pyrrole nitrogens is 1. The molecule has 0 fully saturated rings. The minimum atomic E-state index is -0.728. The number of hydrogen-bond acceptors (Lipinski definition) is 5. The van der Waals surface area contributed by atoms with Gasteiger partial charge in [0, 0.05) is 19.4 Å². The number of nitrogens with two attached hydrogens (primary N) is 1. The number of rotatable bonds is 5. The maximum Gasteiger partial charge on any atom is 0.239 e. The van der Waals surface area contributed by atoms with Crippen molar-refractivity contribution in [2.75, 3.05) is 7.05 Å². The van der Waals surface area contributed by atoms with Crippen LogP contribution >= 0.6 is 0 Å². The van der Waals surface area contributed by atoms with Crippen LogP contribution in [0.15, 0.2) is 30.6 Å². The lowest BCUT2D eigenvalue weighted by atomic mass is 10.0. The maximum atomic E-state index is 12.2. The van der Waals surface area contributed by atoms with Crippen molar-refractivity contribution in [1.29, 1.82) is 0 Å². The summed E-state index contributed by atoms with van der Waals surface area (Å²) in [5, 5.41) is 18.7. The summed E-state index contributed by atoms with van der Waals surface area (Å²) in [6.45, 7) is 0.348. The van der Waals surface area contributed by atoms with Crippen LogP contribution in [-0.4, -0.2) is 44.1 Å². The molecule has 1 heterocycles. The van der Waals surface area contributed by atoms with Crippen molar-refractivity contribution in [3.05, 3.63) is 42.0 Å². The predicted octanol–water partition coefficient (Wildman–Crippen LogP) is 0.349. The number of hydrogen-bond donors (Lipinski definition) is 4. The van der Waals surface area contributed by atoms with E-state index in [0.717, 1.165) is 0 Å². The number of amides is 1. The number of nitrogens with zero attached hydrogens (tertiary/aromatic N) is 2. The molecule has 21 heavy (non-hydrogen) atoms. The van der Waals surface area contributed by atoms with Crippen LogP contribution in [0.3, 0.4) is 0 Å². The fourth-order valence-electron chi connectivity index (χ4n) is 2.01. The number of carbonyl (C=O) groups excluding carboxylic acids is 1. The highest BCUT2D eigenvalue weighted by Crippen LogP contribution is 2.25. The van der Waals surface area contributed by atoms with Crippen LogP contribution in [0.5, 0.6) is 11.5 Å². The zero-order valence-electron chi connectivity index (χ0n) is 11.7. The Bertz CT molecular complexity index is 613. The summed E-state index contributed by atoms with van der Waals surface area (Å²) < 4.78 is 0. The second-order valence-electron chi connectivity index (χ2n) is 4.86. The zero-order valence-corrected chi connectivity index (χ0v) is 11.7. The molecule has 1 amide bonds. The van der Waals surface area contributed by atoms with Gasteiger partial charge >= 0.3 is 0 Å². The molecule has 0 saturated carbocycles. The lowest BCUT2D eigenvalue weighted by Gasteiger charge is -2.20. The number of likely N-dealkylation sites (N-methyl/N-ethyl adjacent to an activating group) is 1. The highest BCUT2D eigenvalue weighted by Gasteiger charge is 2.19. The van der Waals surface area contributed by atoms with Gasteiger partial charge in [-0.3, -0.25) is 4.79 Å². The molecular weight excluding hydrogens is 272 g/mol. The molecule has 0 aliphatic rings. The van der Waals surface area contributed by atoms with E-state index in [4.69, 9.17) is 5.73 Å². The summed E-state index contributed by atoms with van der Waals surface area (Å²) in [6.07, 6.45) is 3.58. The minimum Gasteiger partial charge on any atom is -0.504 e. The molecule has 5 N–H and O–H groups in total. The zero-order chi connectivity index (χ0) is 15.4. The molecule has 0 radical (unpaired) electrons. The molecule has 7 heteroatoms. The molecule has 2 aromatic rings. The number of nitrogens with one attached hydrogen (secondary N) is 1. The first-order chi connectivity index (χ1) is 9.97. The second kappa shape index (κ2) is 6.27. The molecule has 0 saturated heterocycles. The molecule has 0 aliphatic heterocycles. The summed E-state index contributed by atoms with van der Waals surface area (Å²) >= 11 is 0. The molecule has 7 nitrogen and oxygen atoms in total. The first-order valence-corrected chi connectivity index (χ1v) is 6.47. The van der Waals surface area contributed by atoms with Crippen molar-refractivity contribution in [2.24, 2.45) is 5.73 Å². The van der Waals surface area contributed by atoms with E-state index in [1.807, 2.05) is 0 Å². The number of carbonyl (C=O) groups is 1. The van der Waals surface area contributed by atoms with Crippen molar-refractivity contribution >= 4 is 5.91 Å². The lowest BCUT2D eigenvalue weighted by molar-refractivity contribution is -0.131. The van der Waals surface area contributed by atoms with E-state index in [1.165, 1.54) is 17.0 Å². The number of aromatic nitrogens is 2. The van der Waals surface area contributed by atoms with E-state index in [9.17, 15) is 15.0 Å². The van der Waals surface area contributed by atoms with E-state index in [2.05, 4.69) is 9.97 Å². The maximum absolute atomic E-state index is 12.2. The van der Waals surface area contributed by atoms with Gasteiger partial charge in [0.15, 0.2) is 11.5 Å². The van der Waals surface area contributed by atoms with Gasteiger partial charge in [0.1, 0.15) is 5.82 Å². The fraction of sp³-hybridized carbons (Fsp3) is 0.286. The van der Waals surface area contributed by atoms with Crippen molar-refractivity contribution in [3.8, 4) is 11.5 Å². The Balaban J connectivity index is 1.96.